The Kier molecular flexibility index (Phi) is 7.79. The first-order chi connectivity index (χ1) is 22.6. The van der Waals surface area contributed by atoms with E-state index in [-0.39, 0.29) is 47.4 Å². The molecule has 2 aromatic carbocycles. The van der Waals surface area contributed by atoms with E-state index < -0.39 is 23.3 Å². The molecule has 47 heavy (non-hydrogen) atoms. The molecule has 7 rings (SSSR count). The van der Waals surface area contributed by atoms with Gasteiger partial charge >= 0.3 is 6.01 Å². The molecule has 0 unspecified atom stereocenters. The minimum absolute atomic E-state index is 0.0172. The quantitative estimate of drug-likeness (QED) is 0.190. The van der Waals surface area contributed by atoms with Crippen LogP contribution in [0, 0.1) is 24.0 Å². The van der Waals surface area contributed by atoms with Crippen molar-refractivity contribution in [3.05, 3.63) is 66.4 Å². The number of amides is 1. The standard InChI is InChI=1S/C36H35F3N6O2/c1-5-25-28(38)12-11-22-9-7-10-26(30(22)25)32-31(39)33-27(17-40-32)34(43(4)24-15-21(3)45(19-24)29(46)6-2)42-35(41-33)47-20-36-13-8-14-44(36)18-23(37)16-36/h1,6-7,9-12,17,21,23-24H,2,8,13-16,18-20H2,3-4H3/t21-,23+,24-,36-/m0/s1. The molecule has 1 amide bonds. The zero-order valence-electron chi connectivity index (χ0n) is 26.3. The summed E-state index contributed by atoms with van der Waals surface area (Å²) in [5.41, 5.74) is -0.190. The minimum Gasteiger partial charge on any atom is -0.461 e. The molecule has 3 saturated heterocycles. The summed E-state index contributed by atoms with van der Waals surface area (Å²) >= 11 is 0. The highest BCUT2D eigenvalue weighted by Gasteiger charge is 2.49. The number of terminal acetylenes is 1. The van der Waals surface area contributed by atoms with E-state index in [0.717, 1.165) is 19.4 Å². The van der Waals surface area contributed by atoms with E-state index >= 15 is 4.39 Å². The van der Waals surface area contributed by atoms with Crippen LogP contribution in [0.15, 0.2) is 49.2 Å². The zero-order chi connectivity index (χ0) is 33.0. The summed E-state index contributed by atoms with van der Waals surface area (Å²) in [5, 5.41) is 1.36. The normalized spacial score (nSPS) is 24.1. The van der Waals surface area contributed by atoms with Crippen LogP contribution in [-0.4, -0.2) is 87.7 Å². The Morgan fingerprint density at radius 3 is 2.87 bits per heavy atom. The number of likely N-dealkylation sites (N-methyl/N-ethyl adjacent to an activating group) is 1. The number of nitrogens with zero attached hydrogens (tertiary/aromatic N) is 6. The summed E-state index contributed by atoms with van der Waals surface area (Å²) < 4.78 is 52.3. The first-order valence-electron chi connectivity index (χ1n) is 15.9. The number of anilines is 1. The number of aromatic nitrogens is 3. The monoisotopic (exact) mass is 640 g/mol. The van der Waals surface area contributed by atoms with E-state index in [2.05, 4.69) is 27.4 Å². The maximum absolute atomic E-state index is 16.8. The second kappa shape index (κ2) is 11.8. The number of benzene rings is 2. The minimum atomic E-state index is -0.937. The van der Waals surface area contributed by atoms with Gasteiger partial charge in [0.15, 0.2) is 5.82 Å². The van der Waals surface area contributed by atoms with E-state index in [1.807, 2.05) is 18.9 Å². The highest BCUT2D eigenvalue weighted by atomic mass is 19.1. The zero-order valence-corrected chi connectivity index (χ0v) is 26.3. The van der Waals surface area contributed by atoms with Crippen molar-refractivity contribution in [2.24, 2.45) is 0 Å². The number of ether oxygens (including phenoxy) is 1. The van der Waals surface area contributed by atoms with E-state index in [9.17, 15) is 13.6 Å². The number of alkyl halides is 1. The van der Waals surface area contributed by atoms with Crippen LogP contribution in [0.4, 0.5) is 19.0 Å². The van der Waals surface area contributed by atoms with Crippen molar-refractivity contribution < 1.29 is 22.7 Å². The van der Waals surface area contributed by atoms with Gasteiger partial charge in [-0.05, 0) is 50.3 Å². The smallest absolute Gasteiger partial charge is 0.319 e. The Balaban J connectivity index is 1.35. The van der Waals surface area contributed by atoms with Crippen LogP contribution in [0.1, 0.15) is 38.2 Å². The molecule has 0 radical (unpaired) electrons. The largest absolute Gasteiger partial charge is 0.461 e. The van der Waals surface area contributed by atoms with Crippen LogP contribution in [-0.2, 0) is 4.79 Å². The highest BCUT2D eigenvalue weighted by molar-refractivity contribution is 6.02. The van der Waals surface area contributed by atoms with E-state index in [0.29, 0.717) is 53.5 Å². The molecule has 0 N–H and O–H groups in total. The summed E-state index contributed by atoms with van der Waals surface area (Å²) in [7, 11) is 1.84. The van der Waals surface area contributed by atoms with Crippen molar-refractivity contribution in [2.75, 3.05) is 38.2 Å². The lowest BCUT2D eigenvalue weighted by atomic mass is 9.95. The fraction of sp³-hybridized carbons (Fsp3) is 0.389. The predicted octanol–water partition coefficient (Wildman–Crippen LogP) is 5.67. The molecule has 2 aromatic heterocycles. The van der Waals surface area contributed by atoms with Crippen LogP contribution >= 0.6 is 0 Å². The fourth-order valence-electron chi connectivity index (χ4n) is 7.76. The number of fused-ring (bicyclic) bond motifs is 3. The fourth-order valence-corrected chi connectivity index (χ4v) is 7.76. The van der Waals surface area contributed by atoms with Gasteiger partial charge in [-0.2, -0.15) is 9.97 Å². The molecule has 0 aliphatic carbocycles. The summed E-state index contributed by atoms with van der Waals surface area (Å²) in [6.07, 6.45) is 10.3. The SMILES string of the molecule is C#Cc1c(F)ccc2cccc(-c3ncc4c(N(C)[C@H]5C[C@H](C)N(C(=O)C=C)C5)nc(OC[C@@]56CCCN5C[C@H](F)C6)nc4c3F)c12. The molecule has 3 aliphatic heterocycles. The van der Waals surface area contributed by atoms with Gasteiger partial charge < -0.3 is 14.5 Å². The van der Waals surface area contributed by atoms with Gasteiger partial charge in [0.1, 0.15) is 35.6 Å². The topological polar surface area (TPSA) is 74.7 Å². The molecule has 0 bridgehead atoms. The van der Waals surface area contributed by atoms with Gasteiger partial charge in [-0.15, -0.1) is 6.42 Å². The Bertz CT molecular complexity index is 1960. The number of hydrogen-bond donors (Lipinski definition) is 0. The predicted molar refractivity (Wildman–Crippen MR) is 175 cm³/mol. The Hall–Kier alpha value is -4.69. The second-order valence-electron chi connectivity index (χ2n) is 12.9. The molecule has 0 spiro atoms. The van der Waals surface area contributed by atoms with Gasteiger partial charge in [0.05, 0.1) is 16.5 Å². The van der Waals surface area contributed by atoms with Crippen molar-refractivity contribution in [1.29, 1.82) is 0 Å². The van der Waals surface area contributed by atoms with E-state index in [1.54, 1.807) is 29.2 Å². The molecule has 242 valence electrons. The molecule has 3 aliphatic rings. The molecular formula is C36H35F3N6O2. The molecule has 8 nitrogen and oxygen atoms in total. The third-order valence-electron chi connectivity index (χ3n) is 10.2. The van der Waals surface area contributed by atoms with Crippen molar-refractivity contribution in [1.82, 2.24) is 24.8 Å². The first-order valence-corrected chi connectivity index (χ1v) is 15.9. The van der Waals surface area contributed by atoms with Crippen molar-refractivity contribution in [2.45, 2.75) is 56.4 Å². The number of hydrogen-bond acceptors (Lipinski definition) is 7. The van der Waals surface area contributed by atoms with Gasteiger partial charge in [0, 0.05) is 55.8 Å². The van der Waals surface area contributed by atoms with Gasteiger partial charge in [0.2, 0.25) is 5.91 Å². The summed E-state index contributed by atoms with van der Waals surface area (Å²) in [5.74, 6) is 1.31. The van der Waals surface area contributed by atoms with Crippen molar-refractivity contribution >= 4 is 33.4 Å². The number of pyridine rings is 1. The Morgan fingerprint density at radius 2 is 2.09 bits per heavy atom. The number of carbonyl (C=O) groups is 1. The maximum Gasteiger partial charge on any atom is 0.319 e. The number of carbonyl (C=O) groups excluding carboxylic acids is 1. The lowest BCUT2D eigenvalue weighted by Gasteiger charge is -2.31. The van der Waals surface area contributed by atoms with Crippen molar-refractivity contribution in [3.8, 4) is 29.6 Å². The average Bonchev–Trinajstić information content (AvgIpc) is 3.74. The molecule has 3 fully saturated rings. The molecule has 0 saturated carbocycles. The van der Waals surface area contributed by atoms with Gasteiger partial charge in [0.25, 0.3) is 0 Å². The van der Waals surface area contributed by atoms with Crippen LogP contribution in [0.2, 0.25) is 0 Å². The van der Waals surface area contributed by atoms with Crippen LogP contribution in [0.5, 0.6) is 6.01 Å². The molecule has 5 heterocycles. The molecule has 4 atom stereocenters. The number of halogens is 3. The first kappa shape index (κ1) is 30.9. The van der Waals surface area contributed by atoms with Gasteiger partial charge in [-0.25, -0.2) is 13.2 Å². The van der Waals surface area contributed by atoms with E-state index in [4.69, 9.17) is 16.1 Å². The van der Waals surface area contributed by atoms with Crippen LogP contribution in [0.25, 0.3) is 32.9 Å². The Morgan fingerprint density at radius 1 is 1.26 bits per heavy atom. The highest BCUT2D eigenvalue weighted by Crippen LogP contribution is 2.41. The number of rotatable bonds is 7. The molecule has 11 heteroatoms. The molecular weight excluding hydrogens is 605 g/mol. The molecule has 4 aromatic rings. The lowest BCUT2D eigenvalue weighted by Crippen LogP contribution is -2.43. The summed E-state index contributed by atoms with van der Waals surface area (Å²) in [4.78, 5) is 32.1. The van der Waals surface area contributed by atoms with Crippen LogP contribution in [0.3, 0.4) is 0 Å². The summed E-state index contributed by atoms with van der Waals surface area (Å²) in [6, 6.07) is 7.81. The average molecular weight is 641 g/mol. The Labute approximate surface area is 271 Å². The third kappa shape index (κ3) is 5.15. The third-order valence-corrected chi connectivity index (χ3v) is 10.2. The number of likely N-dealkylation sites (tertiary alicyclic amines) is 1. The second-order valence-corrected chi connectivity index (χ2v) is 12.9. The van der Waals surface area contributed by atoms with Gasteiger partial charge in [-0.3, -0.25) is 14.7 Å². The summed E-state index contributed by atoms with van der Waals surface area (Å²) in [6.45, 7) is 7.35. The van der Waals surface area contributed by atoms with Crippen molar-refractivity contribution in [3.63, 3.8) is 0 Å². The van der Waals surface area contributed by atoms with Gasteiger partial charge in [-0.1, -0.05) is 36.8 Å². The maximum atomic E-state index is 16.8. The lowest BCUT2D eigenvalue weighted by molar-refractivity contribution is -0.126. The van der Waals surface area contributed by atoms with E-state index in [1.165, 1.54) is 18.3 Å². The van der Waals surface area contributed by atoms with Crippen LogP contribution < -0.4 is 9.64 Å².